The molecule has 1 aromatic heterocycles. The molecule has 0 saturated heterocycles. The van der Waals surface area contributed by atoms with Crippen LogP contribution in [0.5, 0.6) is 0 Å². The molecule has 1 heterocycles. The van der Waals surface area contributed by atoms with Gasteiger partial charge in [0.2, 0.25) is 17.6 Å². The lowest BCUT2D eigenvalue weighted by atomic mass is 10.2. The molecule has 0 radical (unpaired) electrons. The van der Waals surface area contributed by atoms with Crippen molar-refractivity contribution in [3.05, 3.63) is 67.5 Å². The number of carbonyl (C=O) groups excluding carboxylic acids is 1. The van der Waals surface area contributed by atoms with Crippen LogP contribution in [-0.4, -0.2) is 16.0 Å². The molecule has 26 heavy (non-hydrogen) atoms. The minimum Gasteiger partial charge on any atom is -0.352 e. The zero-order chi connectivity index (χ0) is 18.5. The molecular formula is C18H14Cl2IN3O2. The van der Waals surface area contributed by atoms with Gasteiger partial charge in [0, 0.05) is 38.6 Å². The Bertz CT molecular complexity index is 913. The maximum Gasteiger partial charge on any atom is 0.227 e. The molecule has 1 N–H and O–H groups in total. The highest BCUT2D eigenvalue weighted by Gasteiger charge is 2.11. The number of nitrogens with one attached hydrogen (secondary N) is 1. The third kappa shape index (κ3) is 5.18. The molecule has 5 nitrogen and oxygen atoms in total. The van der Waals surface area contributed by atoms with Gasteiger partial charge < -0.3 is 9.84 Å². The number of hydrogen-bond acceptors (Lipinski definition) is 4. The largest absolute Gasteiger partial charge is 0.352 e. The van der Waals surface area contributed by atoms with Crippen molar-refractivity contribution in [1.29, 1.82) is 0 Å². The zero-order valence-electron chi connectivity index (χ0n) is 13.5. The van der Waals surface area contributed by atoms with Gasteiger partial charge in [-0.1, -0.05) is 46.6 Å². The van der Waals surface area contributed by atoms with E-state index in [1.54, 1.807) is 18.2 Å². The van der Waals surface area contributed by atoms with E-state index in [1.807, 2.05) is 24.3 Å². The van der Waals surface area contributed by atoms with Gasteiger partial charge in [-0.3, -0.25) is 4.79 Å². The van der Waals surface area contributed by atoms with Crippen molar-refractivity contribution in [3.8, 4) is 11.4 Å². The van der Waals surface area contributed by atoms with E-state index in [4.69, 9.17) is 27.7 Å². The second-order valence-electron chi connectivity index (χ2n) is 5.53. The molecule has 134 valence electrons. The summed E-state index contributed by atoms with van der Waals surface area (Å²) >= 11 is 14.2. The van der Waals surface area contributed by atoms with Gasteiger partial charge in [0.05, 0.1) is 0 Å². The van der Waals surface area contributed by atoms with E-state index in [2.05, 4.69) is 38.0 Å². The minimum atomic E-state index is -0.120. The predicted molar refractivity (Wildman–Crippen MR) is 109 cm³/mol. The topological polar surface area (TPSA) is 68.0 Å². The second-order valence-corrected chi connectivity index (χ2v) is 7.62. The number of nitrogens with zero attached hydrogens (tertiary/aromatic N) is 2. The third-order valence-corrected chi connectivity index (χ3v) is 4.93. The summed E-state index contributed by atoms with van der Waals surface area (Å²) in [6, 6.07) is 13.0. The van der Waals surface area contributed by atoms with Crippen LogP contribution in [0.2, 0.25) is 10.0 Å². The van der Waals surface area contributed by atoms with E-state index >= 15 is 0 Å². The van der Waals surface area contributed by atoms with Crippen LogP contribution in [-0.2, 0) is 17.8 Å². The molecule has 0 aliphatic carbocycles. The highest BCUT2D eigenvalue weighted by Crippen LogP contribution is 2.21. The van der Waals surface area contributed by atoms with Gasteiger partial charge in [-0.2, -0.15) is 4.98 Å². The Labute approximate surface area is 174 Å². The Morgan fingerprint density at radius 2 is 1.92 bits per heavy atom. The van der Waals surface area contributed by atoms with Crippen LogP contribution in [0, 0.1) is 3.57 Å². The van der Waals surface area contributed by atoms with Crippen molar-refractivity contribution in [2.24, 2.45) is 0 Å². The van der Waals surface area contributed by atoms with Gasteiger partial charge in [0.15, 0.2) is 0 Å². The first-order valence-corrected chi connectivity index (χ1v) is 9.64. The van der Waals surface area contributed by atoms with Gasteiger partial charge >= 0.3 is 0 Å². The fourth-order valence-corrected chi connectivity index (χ4v) is 3.08. The second kappa shape index (κ2) is 8.83. The van der Waals surface area contributed by atoms with Gasteiger partial charge in [-0.15, -0.1) is 0 Å². The summed E-state index contributed by atoms with van der Waals surface area (Å²) in [7, 11) is 0. The van der Waals surface area contributed by atoms with E-state index < -0.39 is 0 Å². The van der Waals surface area contributed by atoms with Crippen molar-refractivity contribution < 1.29 is 9.32 Å². The number of carbonyl (C=O) groups is 1. The van der Waals surface area contributed by atoms with Crippen molar-refractivity contribution in [3.63, 3.8) is 0 Å². The fraction of sp³-hybridized carbons (Fsp3) is 0.167. The molecule has 0 spiro atoms. The van der Waals surface area contributed by atoms with E-state index in [1.165, 1.54) is 0 Å². The van der Waals surface area contributed by atoms with Crippen molar-refractivity contribution in [2.45, 2.75) is 19.4 Å². The van der Waals surface area contributed by atoms with E-state index in [0.29, 0.717) is 34.7 Å². The zero-order valence-corrected chi connectivity index (χ0v) is 17.2. The number of amides is 1. The Balaban J connectivity index is 1.51. The third-order valence-electron chi connectivity index (χ3n) is 3.63. The van der Waals surface area contributed by atoms with Crippen LogP contribution in [0.25, 0.3) is 11.4 Å². The Morgan fingerprint density at radius 3 is 2.65 bits per heavy atom. The molecular weight excluding hydrogens is 488 g/mol. The maximum atomic E-state index is 12.0. The van der Waals surface area contributed by atoms with Crippen molar-refractivity contribution >= 4 is 51.7 Å². The van der Waals surface area contributed by atoms with E-state index in [0.717, 1.165) is 14.7 Å². The summed E-state index contributed by atoms with van der Waals surface area (Å²) in [4.78, 5) is 16.3. The van der Waals surface area contributed by atoms with E-state index in [-0.39, 0.29) is 12.3 Å². The summed E-state index contributed by atoms with van der Waals surface area (Å²) in [5, 5.41) is 7.86. The monoisotopic (exact) mass is 501 g/mol. The number of halogens is 3. The fourth-order valence-electron chi connectivity index (χ4n) is 2.24. The van der Waals surface area contributed by atoms with Gasteiger partial charge in [0.25, 0.3) is 0 Å². The Hall–Kier alpha value is -1.64. The van der Waals surface area contributed by atoms with Gasteiger partial charge in [0.1, 0.15) is 0 Å². The highest BCUT2D eigenvalue weighted by atomic mass is 127. The normalized spacial score (nSPS) is 10.7. The molecule has 0 unspecified atom stereocenters. The van der Waals surface area contributed by atoms with E-state index in [9.17, 15) is 4.79 Å². The van der Waals surface area contributed by atoms with Crippen LogP contribution >= 0.6 is 45.8 Å². The molecule has 8 heteroatoms. The van der Waals surface area contributed by atoms with Crippen molar-refractivity contribution in [2.75, 3.05) is 0 Å². The van der Waals surface area contributed by atoms with Crippen molar-refractivity contribution in [1.82, 2.24) is 15.5 Å². The lowest BCUT2D eigenvalue weighted by Gasteiger charge is -2.06. The van der Waals surface area contributed by atoms with Crippen LogP contribution in [0.4, 0.5) is 0 Å². The lowest BCUT2D eigenvalue weighted by Crippen LogP contribution is -2.23. The minimum absolute atomic E-state index is 0.120. The summed E-state index contributed by atoms with van der Waals surface area (Å²) in [6.45, 7) is 0.340. The number of aromatic nitrogens is 2. The standard InChI is InChI=1S/C18H14Cl2IN3O2/c19-13-4-1-12(15(20)9-13)10-22-16(25)7-8-17-23-18(24-26-17)11-2-5-14(21)6-3-11/h1-6,9H,7-8,10H2,(H,22,25). The molecule has 0 atom stereocenters. The first-order valence-electron chi connectivity index (χ1n) is 7.80. The molecule has 0 aliphatic heterocycles. The summed E-state index contributed by atoms with van der Waals surface area (Å²) in [5.74, 6) is 0.827. The first-order chi connectivity index (χ1) is 12.5. The molecule has 3 rings (SSSR count). The Morgan fingerprint density at radius 1 is 1.15 bits per heavy atom. The molecule has 3 aromatic rings. The molecule has 0 aliphatic rings. The smallest absolute Gasteiger partial charge is 0.227 e. The number of hydrogen-bond donors (Lipinski definition) is 1. The first kappa shape index (κ1) is 19.1. The number of aryl methyl sites for hydroxylation is 1. The number of rotatable bonds is 6. The SMILES string of the molecule is O=C(CCc1nc(-c2ccc(I)cc2)no1)NCc1ccc(Cl)cc1Cl. The number of benzene rings is 2. The average molecular weight is 502 g/mol. The summed E-state index contributed by atoms with van der Waals surface area (Å²) in [5.41, 5.74) is 1.69. The van der Waals surface area contributed by atoms with Crippen LogP contribution in [0.1, 0.15) is 17.9 Å². The molecule has 0 saturated carbocycles. The van der Waals surface area contributed by atoms with Crippen LogP contribution < -0.4 is 5.32 Å². The molecule has 2 aromatic carbocycles. The van der Waals surface area contributed by atoms with Crippen LogP contribution in [0.3, 0.4) is 0 Å². The van der Waals surface area contributed by atoms with Crippen LogP contribution in [0.15, 0.2) is 47.0 Å². The molecule has 0 bridgehead atoms. The predicted octanol–water partition coefficient (Wildman–Crippen LogP) is 4.90. The van der Waals surface area contributed by atoms with Gasteiger partial charge in [-0.25, -0.2) is 0 Å². The average Bonchev–Trinajstić information content (AvgIpc) is 3.09. The molecule has 1 amide bonds. The maximum absolute atomic E-state index is 12.0. The Kier molecular flexibility index (Phi) is 6.50. The lowest BCUT2D eigenvalue weighted by molar-refractivity contribution is -0.121. The summed E-state index contributed by atoms with van der Waals surface area (Å²) < 4.78 is 6.35. The quantitative estimate of drug-likeness (QED) is 0.488. The molecule has 0 fully saturated rings. The van der Waals surface area contributed by atoms with Gasteiger partial charge in [-0.05, 0) is 52.4 Å². The summed E-state index contributed by atoms with van der Waals surface area (Å²) in [6.07, 6.45) is 0.622. The highest BCUT2D eigenvalue weighted by molar-refractivity contribution is 14.1.